The molecule has 0 spiro atoms. The summed E-state index contributed by atoms with van der Waals surface area (Å²) in [5, 5.41) is 0. The molecule has 0 atom stereocenters. The van der Waals surface area contributed by atoms with Gasteiger partial charge in [0.2, 0.25) is 0 Å². The fraction of sp³-hybridized carbons (Fsp3) is 1.00. The zero-order valence-corrected chi connectivity index (χ0v) is 4.55. The van der Waals surface area contributed by atoms with E-state index >= 15 is 0 Å². The van der Waals surface area contributed by atoms with Crippen LogP contribution in [-0.2, 0) is 4.29 Å². The molecular weight excluding hydrogens is 151 g/mol. The second-order valence-corrected chi connectivity index (χ2v) is 0.677. The SMILES string of the molecule is CF.FC(F)(F)OCl. The average molecular weight is 154 g/mol. The molecule has 0 aliphatic heterocycles. The van der Waals surface area contributed by atoms with Crippen LogP contribution in [0.25, 0.3) is 0 Å². The van der Waals surface area contributed by atoms with Crippen molar-refractivity contribution >= 4 is 11.9 Å². The lowest BCUT2D eigenvalue weighted by Gasteiger charge is -1.93. The van der Waals surface area contributed by atoms with Gasteiger partial charge >= 0.3 is 6.36 Å². The molecule has 0 aromatic carbocycles. The van der Waals surface area contributed by atoms with Crippen molar-refractivity contribution in [2.24, 2.45) is 0 Å². The van der Waals surface area contributed by atoms with Crippen molar-refractivity contribution in [3.63, 3.8) is 0 Å². The molecule has 0 radical (unpaired) electrons. The summed E-state index contributed by atoms with van der Waals surface area (Å²) in [5.41, 5.74) is 0. The molecule has 0 unspecified atom stereocenters. The maximum Gasteiger partial charge on any atom is 0.538 e. The first-order valence-corrected chi connectivity index (χ1v) is 1.61. The molecule has 6 heteroatoms. The first kappa shape index (κ1) is 10.9. The highest BCUT2D eigenvalue weighted by Crippen LogP contribution is 2.16. The third-order valence-electron chi connectivity index (χ3n) is 0.0875. The summed E-state index contributed by atoms with van der Waals surface area (Å²) in [6.45, 7) is 0. The topological polar surface area (TPSA) is 9.23 Å². The third kappa shape index (κ3) is 16.7. The van der Waals surface area contributed by atoms with E-state index in [1.54, 1.807) is 0 Å². The van der Waals surface area contributed by atoms with Crippen LogP contribution >= 0.6 is 11.9 Å². The highest BCUT2D eigenvalue weighted by atomic mass is 35.5. The highest BCUT2D eigenvalue weighted by Gasteiger charge is 2.28. The van der Waals surface area contributed by atoms with Gasteiger partial charge < -0.3 is 0 Å². The van der Waals surface area contributed by atoms with Gasteiger partial charge in [0.15, 0.2) is 0 Å². The monoisotopic (exact) mass is 154 g/mol. The van der Waals surface area contributed by atoms with Crippen LogP contribution in [0.15, 0.2) is 0 Å². The van der Waals surface area contributed by atoms with Gasteiger partial charge in [-0.1, -0.05) is 0 Å². The van der Waals surface area contributed by atoms with Crippen LogP contribution in [0.4, 0.5) is 17.6 Å². The fourth-order valence-electron chi connectivity index (χ4n) is 0. The summed E-state index contributed by atoms with van der Waals surface area (Å²) >= 11 is 3.85. The second kappa shape index (κ2) is 5.11. The van der Waals surface area contributed by atoms with Crippen molar-refractivity contribution in [2.75, 3.05) is 7.18 Å². The highest BCUT2D eigenvalue weighted by molar-refractivity contribution is 6.07. The van der Waals surface area contributed by atoms with Gasteiger partial charge in [-0.25, -0.2) is 0 Å². The number of alkyl halides is 4. The predicted molar refractivity (Wildman–Crippen MR) is 20.0 cm³/mol. The molecule has 52 valence electrons. The summed E-state index contributed by atoms with van der Waals surface area (Å²) < 4.78 is 43.2. The molecule has 0 amide bonds. The Morgan fingerprint density at radius 1 is 1.25 bits per heavy atom. The molecule has 0 aliphatic carbocycles. The van der Waals surface area contributed by atoms with Crippen molar-refractivity contribution < 1.29 is 21.9 Å². The van der Waals surface area contributed by atoms with Gasteiger partial charge in [-0.2, -0.15) is 4.29 Å². The molecule has 0 aliphatic rings. The van der Waals surface area contributed by atoms with Gasteiger partial charge in [-0.15, -0.1) is 13.2 Å². The zero-order chi connectivity index (χ0) is 7.21. The molecule has 0 aromatic heterocycles. The van der Waals surface area contributed by atoms with Gasteiger partial charge in [0.05, 0.1) is 19.0 Å². The fourth-order valence-corrected chi connectivity index (χ4v) is 0. The lowest BCUT2D eigenvalue weighted by Crippen LogP contribution is -2.04. The van der Waals surface area contributed by atoms with Crippen LogP contribution in [0.3, 0.4) is 0 Å². The summed E-state index contributed by atoms with van der Waals surface area (Å²) in [6, 6.07) is 0. The first-order chi connectivity index (χ1) is 3.56. The van der Waals surface area contributed by atoms with Gasteiger partial charge in [-0.3, -0.25) is 4.39 Å². The van der Waals surface area contributed by atoms with E-state index in [0.717, 1.165) is 0 Å². The van der Waals surface area contributed by atoms with Gasteiger partial charge in [0.1, 0.15) is 0 Å². The largest absolute Gasteiger partial charge is 0.538 e. The average Bonchev–Trinajstić information content (AvgIpc) is 1.71. The Kier molecular flexibility index (Phi) is 6.94. The van der Waals surface area contributed by atoms with E-state index in [0.29, 0.717) is 7.18 Å². The van der Waals surface area contributed by atoms with Crippen LogP contribution in [0.2, 0.25) is 0 Å². The van der Waals surface area contributed by atoms with E-state index < -0.39 is 6.36 Å². The molecule has 0 saturated heterocycles. The summed E-state index contributed by atoms with van der Waals surface area (Å²) in [4.78, 5) is 0. The van der Waals surface area contributed by atoms with E-state index in [1.165, 1.54) is 0 Å². The third-order valence-corrected chi connectivity index (χ3v) is 0.262. The van der Waals surface area contributed by atoms with Gasteiger partial charge in [0, 0.05) is 0 Å². The van der Waals surface area contributed by atoms with Gasteiger partial charge in [0.25, 0.3) is 0 Å². The Hall–Kier alpha value is -0.0300. The Bertz CT molecular complexity index is 43.8. The van der Waals surface area contributed by atoms with Crippen molar-refractivity contribution in [3.05, 3.63) is 0 Å². The molecular formula is C2H3ClF4O. The van der Waals surface area contributed by atoms with Crippen LogP contribution in [-0.4, -0.2) is 13.5 Å². The minimum Gasteiger partial charge on any atom is -0.255 e. The smallest absolute Gasteiger partial charge is 0.255 e. The number of halogens is 5. The zero-order valence-electron chi connectivity index (χ0n) is 3.80. The molecule has 0 bridgehead atoms. The molecule has 0 aromatic rings. The van der Waals surface area contributed by atoms with Crippen molar-refractivity contribution in [2.45, 2.75) is 6.36 Å². The van der Waals surface area contributed by atoms with Crippen LogP contribution in [0.1, 0.15) is 0 Å². The first-order valence-electron chi connectivity index (χ1n) is 1.30. The predicted octanol–water partition coefficient (Wildman–Crippen LogP) is 2.26. The Labute approximate surface area is 48.4 Å². The van der Waals surface area contributed by atoms with Crippen LogP contribution in [0.5, 0.6) is 0 Å². The Morgan fingerprint density at radius 3 is 1.38 bits per heavy atom. The summed E-state index contributed by atoms with van der Waals surface area (Å²) in [6.07, 6.45) is -4.69. The minimum atomic E-state index is -4.69. The van der Waals surface area contributed by atoms with Crippen molar-refractivity contribution in [1.82, 2.24) is 0 Å². The second-order valence-electron chi connectivity index (χ2n) is 0.523. The van der Waals surface area contributed by atoms with Crippen molar-refractivity contribution in [3.8, 4) is 0 Å². The molecule has 0 N–H and O–H groups in total. The van der Waals surface area contributed by atoms with E-state index in [2.05, 4.69) is 16.2 Å². The standard InChI is InChI=1S/CClF3O.CH3F/c2-6-1(3,4)5;1-2/h;1H3. The maximum atomic E-state index is 10.4. The van der Waals surface area contributed by atoms with Crippen molar-refractivity contribution in [1.29, 1.82) is 0 Å². The van der Waals surface area contributed by atoms with E-state index in [9.17, 15) is 17.6 Å². The summed E-state index contributed by atoms with van der Waals surface area (Å²) in [7, 11) is 0.500. The van der Waals surface area contributed by atoms with Crippen LogP contribution in [0, 0.1) is 0 Å². The molecule has 0 fully saturated rings. The summed E-state index contributed by atoms with van der Waals surface area (Å²) in [5.74, 6) is 0. The lowest BCUT2D eigenvalue weighted by atomic mass is 11.4. The molecule has 0 saturated carbocycles. The maximum absolute atomic E-state index is 10.4. The number of hydrogen-bond donors (Lipinski definition) is 0. The van der Waals surface area contributed by atoms with Gasteiger partial charge in [-0.05, 0) is 0 Å². The Balaban J connectivity index is 0. The number of hydrogen-bond acceptors (Lipinski definition) is 1. The molecule has 1 nitrogen and oxygen atoms in total. The van der Waals surface area contributed by atoms with E-state index in [1.807, 2.05) is 0 Å². The van der Waals surface area contributed by atoms with E-state index in [-0.39, 0.29) is 0 Å². The molecule has 0 heterocycles. The Morgan fingerprint density at radius 2 is 1.38 bits per heavy atom. The van der Waals surface area contributed by atoms with Crippen LogP contribution < -0.4 is 0 Å². The van der Waals surface area contributed by atoms with E-state index in [4.69, 9.17) is 0 Å². The minimum absolute atomic E-state index is 0.500. The quantitative estimate of drug-likeness (QED) is 0.487. The normalized spacial score (nSPS) is 9.75. The molecule has 8 heavy (non-hydrogen) atoms. The number of rotatable bonds is 0. The lowest BCUT2D eigenvalue weighted by molar-refractivity contribution is -0.273. The molecule has 0 rings (SSSR count).